The minimum atomic E-state index is -0.512. The fourth-order valence-electron chi connectivity index (χ4n) is 3.05. The molecule has 0 bridgehead atoms. The van der Waals surface area contributed by atoms with Crippen LogP contribution in [0.15, 0.2) is 42.5 Å². The van der Waals surface area contributed by atoms with E-state index in [9.17, 15) is 14.9 Å². The second kappa shape index (κ2) is 8.79. The second-order valence-corrected chi connectivity index (χ2v) is 8.36. The van der Waals surface area contributed by atoms with Crippen molar-refractivity contribution in [3.05, 3.63) is 57.6 Å². The zero-order valence-electron chi connectivity index (χ0n) is 17.1. The van der Waals surface area contributed by atoms with Gasteiger partial charge in [0.15, 0.2) is 0 Å². The average Bonchev–Trinajstić information content (AvgIpc) is 2.67. The Morgan fingerprint density at radius 2 is 1.70 bits per heavy atom. The fraction of sp³-hybridized carbons (Fsp3) is 0.381. The summed E-state index contributed by atoms with van der Waals surface area (Å²) in [5, 5.41) is 11.5. The molecule has 30 heavy (non-hydrogen) atoms. The van der Waals surface area contributed by atoms with Crippen LogP contribution < -0.4 is 9.64 Å². The summed E-state index contributed by atoms with van der Waals surface area (Å²) in [6.07, 6.45) is -0.297. The Hall–Kier alpha value is -3.00. The van der Waals surface area contributed by atoms with Crippen LogP contribution in [0.1, 0.15) is 20.8 Å². The Balaban J connectivity index is 1.62. The van der Waals surface area contributed by atoms with Crippen LogP contribution in [0.5, 0.6) is 11.5 Å². The number of halogens is 1. The molecule has 0 N–H and O–H groups in total. The van der Waals surface area contributed by atoms with Crippen LogP contribution in [0.3, 0.4) is 0 Å². The summed E-state index contributed by atoms with van der Waals surface area (Å²) in [6, 6.07) is 11.5. The van der Waals surface area contributed by atoms with Crippen molar-refractivity contribution in [2.75, 3.05) is 31.1 Å². The van der Waals surface area contributed by atoms with Crippen molar-refractivity contribution in [2.24, 2.45) is 0 Å². The molecule has 160 valence electrons. The van der Waals surface area contributed by atoms with Gasteiger partial charge in [-0.3, -0.25) is 10.1 Å². The summed E-state index contributed by atoms with van der Waals surface area (Å²) in [6.45, 7) is 8.05. The Morgan fingerprint density at radius 1 is 1.07 bits per heavy atom. The minimum absolute atomic E-state index is 0.0891. The summed E-state index contributed by atoms with van der Waals surface area (Å²) in [4.78, 5) is 26.7. The van der Waals surface area contributed by atoms with Crippen LogP contribution in [-0.2, 0) is 4.74 Å². The first-order valence-corrected chi connectivity index (χ1v) is 9.95. The molecular weight excluding hydrogens is 410 g/mol. The number of nitro groups is 1. The SMILES string of the molecule is CC(C)(C)OC(=O)N1CCN(c2ccc(Oc3cc(Cl)ccc3[N+](=O)[O-])cc2)CC1. The Morgan fingerprint density at radius 3 is 2.27 bits per heavy atom. The molecule has 1 aliphatic rings. The standard InChI is InChI=1S/C21H24ClN3O5/c1-21(2,3)30-20(26)24-12-10-23(11-13-24)16-5-7-17(8-6-16)29-19-14-15(22)4-9-18(19)25(27)28/h4-9,14H,10-13H2,1-3H3. The molecule has 1 saturated heterocycles. The first kappa shape index (κ1) is 21.7. The summed E-state index contributed by atoms with van der Waals surface area (Å²) < 4.78 is 11.1. The number of hydrogen-bond donors (Lipinski definition) is 0. The number of nitro benzene ring substituents is 1. The quantitative estimate of drug-likeness (QED) is 0.492. The minimum Gasteiger partial charge on any atom is -0.450 e. The lowest BCUT2D eigenvalue weighted by Crippen LogP contribution is -2.50. The monoisotopic (exact) mass is 433 g/mol. The van der Waals surface area contributed by atoms with Crippen molar-refractivity contribution in [1.29, 1.82) is 0 Å². The van der Waals surface area contributed by atoms with Gasteiger partial charge >= 0.3 is 11.8 Å². The van der Waals surface area contributed by atoms with Gasteiger partial charge in [0.05, 0.1) is 4.92 Å². The van der Waals surface area contributed by atoms with Gasteiger partial charge in [-0.1, -0.05) is 11.6 Å². The molecule has 0 radical (unpaired) electrons. The Bertz CT molecular complexity index is 919. The van der Waals surface area contributed by atoms with Crippen LogP contribution >= 0.6 is 11.6 Å². The van der Waals surface area contributed by atoms with Gasteiger partial charge in [-0.25, -0.2) is 4.79 Å². The summed E-state index contributed by atoms with van der Waals surface area (Å²) in [7, 11) is 0. The van der Waals surface area contributed by atoms with Gasteiger partial charge in [-0.05, 0) is 51.1 Å². The van der Waals surface area contributed by atoms with E-state index in [2.05, 4.69) is 4.90 Å². The van der Waals surface area contributed by atoms with Crippen molar-refractivity contribution < 1.29 is 19.2 Å². The predicted molar refractivity (Wildman–Crippen MR) is 115 cm³/mol. The molecule has 1 aliphatic heterocycles. The Labute approximate surface area is 180 Å². The van der Waals surface area contributed by atoms with Crippen LogP contribution in [0.2, 0.25) is 5.02 Å². The first-order valence-electron chi connectivity index (χ1n) is 9.57. The highest BCUT2D eigenvalue weighted by Crippen LogP contribution is 2.34. The number of hydrogen-bond acceptors (Lipinski definition) is 6. The normalized spacial score (nSPS) is 14.4. The van der Waals surface area contributed by atoms with Crippen LogP contribution in [0.4, 0.5) is 16.2 Å². The number of rotatable bonds is 4. The topological polar surface area (TPSA) is 85.2 Å². The van der Waals surface area contributed by atoms with E-state index >= 15 is 0 Å². The molecule has 0 saturated carbocycles. The number of carbonyl (C=O) groups is 1. The van der Waals surface area contributed by atoms with E-state index in [0.717, 1.165) is 5.69 Å². The van der Waals surface area contributed by atoms with Gasteiger partial charge in [0.25, 0.3) is 0 Å². The van der Waals surface area contributed by atoms with Crippen molar-refractivity contribution in [3.63, 3.8) is 0 Å². The van der Waals surface area contributed by atoms with Gasteiger partial charge in [0.2, 0.25) is 5.75 Å². The zero-order valence-corrected chi connectivity index (χ0v) is 17.9. The summed E-state index contributed by atoms with van der Waals surface area (Å²) >= 11 is 5.94. The van der Waals surface area contributed by atoms with Gasteiger partial charge in [0.1, 0.15) is 11.4 Å². The summed E-state index contributed by atoms with van der Waals surface area (Å²) in [5.74, 6) is 0.558. The molecule has 1 amide bonds. The van der Waals surface area contributed by atoms with Crippen molar-refractivity contribution >= 4 is 29.1 Å². The van der Waals surface area contributed by atoms with E-state index in [1.54, 1.807) is 17.0 Å². The van der Waals surface area contributed by atoms with Gasteiger partial charge in [0, 0.05) is 49.0 Å². The zero-order chi connectivity index (χ0) is 21.9. The number of nitrogens with zero attached hydrogens (tertiary/aromatic N) is 3. The maximum atomic E-state index is 12.2. The van der Waals surface area contributed by atoms with Gasteiger partial charge in [-0.15, -0.1) is 0 Å². The van der Waals surface area contributed by atoms with E-state index in [4.69, 9.17) is 21.1 Å². The van der Waals surface area contributed by atoms with Crippen molar-refractivity contribution in [1.82, 2.24) is 4.90 Å². The number of piperazine rings is 1. The lowest BCUT2D eigenvalue weighted by atomic mass is 10.2. The third kappa shape index (κ3) is 5.54. The van der Waals surface area contributed by atoms with E-state index in [0.29, 0.717) is 37.0 Å². The number of amides is 1. The van der Waals surface area contributed by atoms with E-state index in [1.807, 2.05) is 32.9 Å². The number of ether oxygens (including phenoxy) is 2. The molecular formula is C21H24ClN3O5. The molecule has 0 unspecified atom stereocenters. The van der Waals surface area contributed by atoms with E-state index < -0.39 is 10.5 Å². The molecule has 3 rings (SSSR count). The second-order valence-electron chi connectivity index (χ2n) is 7.92. The molecule has 2 aromatic carbocycles. The van der Waals surface area contributed by atoms with E-state index in [-0.39, 0.29) is 17.5 Å². The molecule has 0 aliphatic carbocycles. The molecule has 0 aromatic heterocycles. The number of anilines is 1. The van der Waals surface area contributed by atoms with Crippen LogP contribution in [0, 0.1) is 10.1 Å². The molecule has 2 aromatic rings. The maximum absolute atomic E-state index is 12.2. The third-order valence-corrected chi connectivity index (χ3v) is 4.71. The molecule has 8 nitrogen and oxygen atoms in total. The predicted octanol–water partition coefficient (Wildman–Crippen LogP) is 5.10. The molecule has 0 spiro atoms. The number of benzene rings is 2. The molecule has 1 fully saturated rings. The highest BCUT2D eigenvalue weighted by atomic mass is 35.5. The van der Waals surface area contributed by atoms with Crippen molar-refractivity contribution in [2.45, 2.75) is 26.4 Å². The largest absolute Gasteiger partial charge is 0.450 e. The lowest BCUT2D eigenvalue weighted by Gasteiger charge is -2.36. The highest BCUT2D eigenvalue weighted by molar-refractivity contribution is 6.30. The maximum Gasteiger partial charge on any atom is 0.410 e. The first-order chi connectivity index (χ1) is 14.1. The van der Waals surface area contributed by atoms with Crippen molar-refractivity contribution in [3.8, 4) is 11.5 Å². The van der Waals surface area contributed by atoms with Crippen LogP contribution in [0.25, 0.3) is 0 Å². The molecule has 1 heterocycles. The lowest BCUT2D eigenvalue weighted by molar-refractivity contribution is -0.385. The summed E-state index contributed by atoms with van der Waals surface area (Å²) in [5.41, 5.74) is 0.316. The molecule has 0 atom stereocenters. The highest BCUT2D eigenvalue weighted by Gasteiger charge is 2.26. The van der Waals surface area contributed by atoms with E-state index in [1.165, 1.54) is 18.2 Å². The van der Waals surface area contributed by atoms with Gasteiger partial charge < -0.3 is 19.3 Å². The fourth-order valence-corrected chi connectivity index (χ4v) is 3.21. The Kier molecular flexibility index (Phi) is 6.36. The smallest absolute Gasteiger partial charge is 0.410 e. The van der Waals surface area contributed by atoms with Crippen LogP contribution in [-0.4, -0.2) is 47.7 Å². The van der Waals surface area contributed by atoms with Gasteiger partial charge in [-0.2, -0.15) is 0 Å². The third-order valence-electron chi connectivity index (χ3n) is 4.48. The molecule has 9 heteroatoms. The number of carbonyl (C=O) groups excluding carboxylic acids is 1. The average molecular weight is 434 g/mol.